The number of halogens is 2. The zero-order valence-corrected chi connectivity index (χ0v) is 12.7. The smallest absolute Gasteiger partial charge is 0.146 e. The molecule has 0 spiro atoms. The van der Waals surface area contributed by atoms with Gasteiger partial charge in [-0.1, -0.05) is 32.4 Å². The molecule has 1 aliphatic rings. The molecule has 2 rings (SSSR count). The second-order valence-corrected chi connectivity index (χ2v) is 7.12. The first-order valence-electron chi connectivity index (χ1n) is 7.08. The highest BCUT2D eigenvalue weighted by Crippen LogP contribution is 2.38. The van der Waals surface area contributed by atoms with Crippen molar-refractivity contribution in [1.29, 1.82) is 0 Å². The molecule has 0 amide bonds. The summed E-state index contributed by atoms with van der Waals surface area (Å²) in [7, 11) is 0. The van der Waals surface area contributed by atoms with Crippen LogP contribution in [0.5, 0.6) is 0 Å². The maximum atomic E-state index is 13.7. The lowest BCUT2D eigenvalue weighted by atomic mass is 9.71. The molecule has 0 radical (unpaired) electrons. The third kappa shape index (κ3) is 3.85. The van der Waals surface area contributed by atoms with Crippen LogP contribution in [0.4, 0.5) is 10.1 Å². The zero-order valence-electron chi connectivity index (χ0n) is 12.0. The first kappa shape index (κ1) is 14.6. The molecule has 0 unspecified atom stereocenters. The summed E-state index contributed by atoms with van der Waals surface area (Å²) in [5.41, 5.74) is 0.915. The maximum absolute atomic E-state index is 13.7. The standard InChI is InChI=1S/C16H23ClFN/c1-16(2,3)11-4-7-13(8-5-11)19-15-10-12(17)6-9-14(15)18/h6,9-11,13,19H,4-5,7-8H2,1-3H3. The van der Waals surface area contributed by atoms with Crippen LogP contribution in [0.25, 0.3) is 0 Å². The highest BCUT2D eigenvalue weighted by Gasteiger charge is 2.29. The molecule has 19 heavy (non-hydrogen) atoms. The molecule has 0 heterocycles. The van der Waals surface area contributed by atoms with Gasteiger partial charge in [0.15, 0.2) is 0 Å². The SMILES string of the molecule is CC(C)(C)C1CCC(Nc2cc(Cl)ccc2F)CC1. The number of anilines is 1. The van der Waals surface area contributed by atoms with E-state index in [2.05, 4.69) is 26.1 Å². The van der Waals surface area contributed by atoms with E-state index in [0.717, 1.165) is 18.8 Å². The van der Waals surface area contributed by atoms with Gasteiger partial charge in [-0.2, -0.15) is 0 Å². The van der Waals surface area contributed by atoms with Crippen molar-refractivity contribution in [1.82, 2.24) is 0 Å². The maximum Gasteiger partial charge on any atom is 0.146 e. The average molecular weight is 284 g/mol. The summed E-state index contributed by atoms with van der Waals surface area (Å²) in [6.45, 7) is 6.92. The van der Waals surface area contributed by atoms with Crippen LogP contribution in [0.2, 0.25) is 5.02 Å². The minimum atomic E-state index is -0.220. The van der Waals surface area contributed by atoms with Crippen molar-refractivity contribution in [3.05, 3.63) is 29.0 Å². The van der Waals surface area contributed by atoms with Gasteiger partial charge in [0, 0.05) is 11.1 Å². The predicted molar refractivity (Wildman–Crippen MR) is 80.2 cm³/mol. The molecule has 0 aromatic heterocycles. The van der Waals surface area contributed by atoms with Crippen molar-refractivity contribution < 1.29 is 4.39 Å². The lowest BCUT2D eigenvalue weighted by Gasteiger charge is -2.37. The van der Waals surface area contributed by atoms with Crippen molar-refractivity contribution in [2.24, 2.45) is 11.3 Å². The zero-order chi connectivity index (χ0) is 14.0. The van der Waals surface area contributed by atoms with E-state index in [1.165, 1.54) is 18.9 Å². The lowest BCUT2D eigenvalue weighted by molar-refractivity contribution is 0.173. The molecule has 1 aliphatic carbocycles. The van der Waals surface area contributed by atoms with Crippen molar-refractivity contribution >= 4 is 17.3 Å². The van der Waals surface area contributed by atoms with E-state index in [9.17, 15) is 4.39 Å². The van der Waals surface area contributed by atoms with Gasteiger partial charge < -0.3 is 5.32 Å². The van der Waals surface area contributed by atoms with E-state index in [1.807, 2.05) is 0 Å². The molecule has 1 nitrogen and oxygen atoms in total. The van der Waals surface area contributed by atoms with Gasteiger partial charge in [-0.3, -0.25) is 0 Å². The van der Waals surface area contributed by atoms with E-state index in [4.69, 9.17) is 11.6 Å². The van der Waals surface area contributed by atoms with Crippen LogP contribution in [-0.4, -0.2) is 6.04 Å². The van der Waals surface area contributed by atoms with Crippen molar-refractivity contribution in [3.63, 3.8) is 0 Å². The highest BCUT2D eigenvalue weighted by atomic mass is 35.5. The second kappa shape index (κ2) is 5.70. The van der Waals surface area contributed by atoms with E-state index in [-0.39, 0.29) is 5.82 Å². The van der Waals surface area contributed by atoms with Crippen LogP contribution in [0.1, 0.15) is 46.5 Å². The number of hydrogen-bond acceptors (Lipinski definition) is 1. The molecule has 0 atom stereocenters. The molecule has 0 saturated heterocycles. The van der Waals surface area contributed by atoms with Crippen LogP contribution in [0.3, 0.4) is 0 Å². The molecular weight excluding hydrogens is 261 g/mol. The average Bonchev–Trinajstić information content (AvgIpc) is 2.33. The summed E-state index contributed by atoms with van der Waals surface area (Å²) in [5, 5.41) is 3.88. The number of hydrogen-bond donors (Lipinski definition) is 1. The minimum absolute atomic E-state index is 0.220. The van der Waals surface area contributed by atoms with Crippen molar-refractivity contribution in [2.75, 3.05) is 5.32 Å². The normalized spacial score (nSPS) is 24.3. The van der Waals surface area contributed by atoms with Gasteiger partial charge >= 0.3 is 0 Å². The van der Waals surface area contributed by atoms with Gasteiger partial charge in [-0.15, -0.1) is 0 Å². The molecule has 1 saturated carbocycles. The van der Waals surface area contributed by atoms with E-state index in [1.54, 1.807) is 12.1 Å². The largest absolute Gasteiger partial charge is 0.380 e. The summed E-state index contributed by atoms with van der Waals surface area (Å²) in [6.07, 6.45) is 4.63. The molecule has 0 aliphatic heterocycles. The van der Waals surface area contributed by atoms with Gasteiger partial charge in [0.25, 0.3) is 0 Å². The summed E-state index contributed by atoms with van der Waals surface area (Å²) >= 11 is 5.91. The summed E-state index contributed by atoms with van der Waals surface area (Å²) in [6, 6.07) is 5.04. The Morgan fingerprint density at radius 3 is 2.37 bits per heavy atom. The lowest BCUT2D eigenvalue weighted by Crippen LogP contribution is -2.31. The fourth-order valence-electron chi connectivity index (χ4n) is 2.93. The van der Waals surface area contributed by atoms with Gasteiger partial charge in [-0.05, 0) is 55.2 Å². The Bertz CT molecular complexity index is 431. The summed E-state index contributed by atoms with van der Waals surface area (Å²) in [5.74, 6) is 0.553. The number of rotatable bonds is 2. The number of nitrogens with one attached hydrogen (secondary N) is 1. The highest BCUT2D eigenvalue weighted by molar-refractivity contribution is 6.30. The quantitative estimate of drug-likeness (QED) is 0.756. The van der Waals surface area contributed by atoms with Gasteiger partial charge in [0.05, 0.1) is 5.69 Å². The molecule has 3 heteroatoms. The third-order valence-corrected chi connectivity index (χ3v) is 4.48. The topological polar surface area (TPSA) is 12.0 Å². The monoisotopic (exact) mass is 283 g/mol. The Morgan fingerprint density at radius 1 is 1.16 bits per heavy atom. The molecule has 0 bridgehead atoms. The number of benzene rings is 1. The first-order chi connectivity index (χ1) is 8.86. The van der Waals surface area contributed by atoms with Crippen LogP contribution in [-0.2, 0) is 0 Å². The van der Waals surface area contributed by atoms with Crippen LogP contribution in [0.15, 0.2) is 18.2 Å². The summed E-state index contributed by atoms with van der Waals surface area (Å²) < 4.78 is 13.7. The second-order valence-electron chi connectivity index (χ2n) is 6.68. The first-order valence-corrected chi connectivity index (χ1v) is 7.45. The van der Waals surface area contributed by atoms with Crippen LogP contribution in [0, 0.1) is 17.2 Å². The Hall–Kier alpha value is -0.760. The van der Waals surface area contributed by atoms with Gasteiger partial charge in [0.1, 0.15) is 5.82 Å². The van der Waals surface area contributed by atoms with Crippen LogP contribution >= 0.6 is 11.6 Å². The molecule has 1 N–H and O–H groups in total. The van der Waals surface area contributed by atoms with Gasteiger partial charge in [0.2, 0.25) is 0 Å². The molecule has 1 fully saturated rings. The van der Waals surface area contributed by atoms with Crippen LogP contribution < -0.4 is 5.32 Å². The van der Waals surface area contributed by atoms with E-state index in [0.29, 0.717) is 22.2 Å². The van der Waals surface area contributed by atoms with E-state index < -0.39 is 0 Å². The Kier molecular flexibility index (Phi) is 4.39. The fraction of sp³-hybridized carbons (Fsp3) is 0.625. The Labute approximate surface area is 120 Å². The van der Waals surface area contributed by atoms with Crippen molar-refractivity contribution in [2.45, 2.75) is 52.5 Å². The van der Waals surface area contributed by atoms with E-state index >= 15 is 0 Å². The predicted octanol–water partition coefficient (Wildman–Crippen LogP) is 5.50. The third-order valence-electron chi connectivity index (χ3n) is 4.24. The molecular formula is C16H23ClFN. The Morgan fingerprint density at radius 2 is 1.79 bits per heavy atom. The fourth-order valence-corrected chi connectivity index (χ4v) is 3.10. The molecule has 1 aromatic carbocycles. The van der Waals surface area contributed by atoms with Crippen molar-refractivity contribution in [3.8, 4) is 0 Å². The molecule has 106 valence electrons. The minimum Gasteiger partial charge on any atom is -0.380 e. The Balaban J connectivity index is 1.94. The summed E-state index contributed by atoms with van der Waals surface area (Å²) in [4.78, 5) is 0. The van der Waals surface area contributed by atoms with Gasteiger partial charge in [-0.25, -0.2) is 4.39 Å². The molecule has 1 aromatic rings.